The molecule has 0 bridgehead atoms. The first-order valence-electron chi connectivity index (χ1n) is 8.88. The van der Waals surface area contributed by atoms with E-state index in [-0.39, 0.29) is 5.41 Å². The van der Waals surface area contributed by atoms with Gasteiger partial charge in [-0.2, -0.15) is 0 Å². The number of hydrogen-bond acceptors (Lipinski definition) is 2. The molecule has 0 aromatic rings. The second kappa shape index (κ2) is 4.36. The molecule has 0 radical (unpaired) electrons. The average Bonchev–Trinajstić information content (AvgIpc) is 2.76. The lowest BCUT2D eigenvalue weighted by atomic mass is 9.46. The van der Waals surface area contributed by atoms with Crippen LogP contribution in [-0.2, 0) is 4.79 Å². The Bertz CT molecular complexity index is 508. The molecule has 1 N–H and O–H groups in total. The van der Waals surface area contributed by atoms with E-state index in [1.165, 1.54) is 19.3 Å². The number of aliphatic hydroxyl groups excluding tert-OH is 1. The minimum absolute atomic E-state index is 0.00297. The number of carbonyl (C=O) groups excluding carboxylic acids is 1. The summed E-state index contributed by atoms with van der Waals surface area (Å²) in [5, 5.41) is 9.90. The molecule has 0 spiro atoms. The van der Waals surface area contributed by atoms with Gasteiger partial charge in [0, 0.05) is 18.3 Å². The zero-order valence-electron chi connectivity index (χ0n) is 13.4. The minimum Gasteiger partial charge on any atom is -0.513 e. The summed E-state index contributed by atoms with van der Waals surface area (Å²) >= 11 is 0. The maximum atomic E-state index is 12.4. The van der Waals surface area contributed by atoms with Gasteiger partial charge in [0.1, 0.15) is 5.78 Å². The van der Waals surface area contributed by atoms with Crippen molar-refractivity contribution in [2.24, 2.45) is 34.5 Å². The second-order valence-corrected chi connectivity index (χ2v) is 8.64. The number of carbonyl (C=O) groups is 1. The molecule has 0 amide bonds. The number of aliphatic hydroxyl groups is 1. The van der Waals surface area contributed by atoms with Gasteiger partial charge in [0.2, 0.25) is 0 Å². The molecule has 3 fully saturated rings. The van der Waals surface area contributed by atoms with Gasteiger partial charge in [0.05, 0.1) is 5.76 Å². The summed E-state index contributed by atoms with van der Waals surface area (Å²) in [5.74, 6) is 3.89. The molecule has 2 nitrogen and oxygen atoms in total. The fourth-order valence-electron chi connectivity index (χ4n) is 6.61. The molecular weight excluding hydrogens is 260 g/mol. The molecule has 0 aromatic carbocycles. The van der Waals surface area contributed by atoms with Gasteiger partial charge in [-0.3, -0.25) is 4.79 Å². The normalized spacial score (nSPS) is 52.7. The predicted octanol–water partition coefficient (Wildman–Crippen LogP) is 4.65. The Morgan fingerprint density at radius 1 is 1.05 bits per heavy atom. The summed E-state index contributed by atoms with van der Waals surface area (Å²) in [5.41, 5.74) is 0.360. The highest BCUT2D eigenvalue weighted by atomic mass is 16.3. The first-order chi connectivity index (χ1) is 9.95. The van der Waals surface area contributed by atoms with E-state index >= 15 is 0 Å². The summed E-state index contributed by atoms with van der Waals surface area (Å²) in [6.45, 7) is 4.72. The number of ketones is 1. The van der Waals surface area contributed by atoms with E-state index in [0.717, 1.165) is 43.9 Å². The van der Waals surface area contributed by atoms with Crippen LogP contribution in [0.1, 0.15) is 65.2 Å². The smallest absolute Gasteiger partial charge is 0.139 e. The molecule has 3 saturated carbocycles. The van der Waals surface area contributed by atoms with Crippen molar-refractivity contribution in [3.63, 3.8) is 0 Å². The number of Topliss-reactive ketones (excluding diaryl/α,β-unsaturated/α-hetero) is 1. The lowest BCUT2D eigenvalue weighted by molar-refractivity contribution is -0.135. The van der Waals surface area contributed by atoms with Crippen molar-refractivity contribution in [3.05, 3.63) is 11.8 Å². The van der Waals surface area contributed by atoms with Crippen LogP contribution < -0.4 is 0 Å². The maximum Gasteiger partial charge on any atom is 0.139 e. The average molecular weight is 288 g/mol. The third-order valence-electron chi connectivity index (χ3n) is 7.96. The lowest BCUT2D eigenvalue weighted by Gasteiger charge is -2.58. The molecule has 0 saturated heterocycles. The lowest BCUT2D eigenvalue weighted by Crippen LogP contribution is -2.52. The van der Waals surface area contributed by atoms with Crippen LogP contribution in [0.2, 0.25) is 0 Å². The summed E-state index contributed by atoms with van der Waals surface area (Å²) in [6, 6.07) is 0. The van der Waals surface area contributed by atoms with Gasteiger partial charge in [0.25, 0.3) is 0 Å². The van der Waals surface area contributed by atoms with Crippen molar-refractivity contribution < 1.29 is 9.90 Å². The van der Waals surface area contributed by atoms with Crippen LogP contribution >= 0.6 is 0 Å². The van der Waals surface area contributed by atoms with Gasteiger partial charge >= 0.3 is 0 Å². The van der Waals surface area contributed by atoms with E-state index in [9.17, 15) is 9.90 Å². The third kappa shape index (κ3) is 1.74. The third-order valence-corrected chi connectivity index (χ3v) is 7.96. The molecule has 2 heteroatoms. The zero-order chi connectivity index (χ0) is 14.8. The number of rotatable bonds is 0. The number of hydrogen-bond donors (Lipinski definition) is 1. The fraction of sp³-hybridized carbons (Fsp3) is 0.842. The van der Waals surface area contributed by atoms with Gasteiger partial charge in [-0.15, -0.1) is 0 Å². The topological polar surface area (TPSA) is 37.3 Å². The number of allylic oxidation sites excluding steroid dienone is 2. The van der Waals surface area contributed by atoms with Crippen molar-refractivity contribution in [3.8, 4) is 0 Å². The molecule has 0 aliphatic heterocycles. The van der Waals surface area contributed by atoms with Crippen molar-refractivity contribution in [1.82, 2.24) is 0 Å². The summed E-state index contributed by atoms with van der Waals surface area (Å²) < 4.78 is 0. The Hall–Kier alpha value is -0.790. The quantitative estimate of drug-likeness (QED) is 0.704. The van der Waals surface area contributed by atoms with Gasteiger partial charge in [-0.05, 0) is 73.7 Å². The van der Waals surface area contributed by atoms with Crippen LogP contribution in [0.25, 0.3) is 0 Å². The molecule has 21 heavy (non-hydrogen) atoms. The highest BCUT2D eigenvalue weighted by Crippen LogP contribution is 2.64. The van der Waals surface area contributed by atoms with Crippen LogP contribution in [0.3, 0.4) is 0 Å². The van der Waals surface area contributed by atoms with Crippen LogP contribution in [0, 0.1) is 34.5 Å². The summed E-state index contributed by atoms with van der Waals surface area (Å²) in [7, 11) is 0. The molecule has 4 aliphatic rings. The molecule has 4 rings (SSSR count). The van der Waals surface area contributed by atoms with Gasteiger partial charge in [-0.25, -0.2) is 0 Å². The van der Waals surface area contributed by atoms with E-state index in [1.54, 1.807) is 0 Å². The Kier molecular flexibility index (Phi) is 2.88. The van der Waals surface area contributed by atoms with Crippen molar-refractivity contribution >= 4 is 5.78 Å². The van der Waals surface area contributed by atoms with E-state index in [2.05, 4.69) is 19.9 Å². The van der Waals surface area contributed by atoms with Gasteiger partial charge < -0.3 is 5.11 Å². The van der Waals surface area contributed by atoms with E-state index < -0.39 is 0 Å². The molecule has 4 aliphatic carbocycles. The highest BCUT2D eigenvalue weighted by Gasteiger charge is 2.59. The Morgan fingerprint density at radius 2 is 1.86 bits per heavy atom. The van der Waals surface area contributed by atoms with Crippen LogP contribution in [0.4, 0.5) is 0 Å². The van der Waals surface area contributed by atoms with E-state index in [1.807, 2.05) is 0 Å². The highest BCUT2D eigenvalue weighted by molar-refractivity contribution is 5.87. The van der Waals surface area contributed by atoms with Crippen molar-refractivity contribution in [2.45, 2.75) is 65.2 Å². The second-order valence-electron chi connectivity index (χ2n) is 8.64. The Morgan fingerprint density at radius 3 is 2.67 bits per heavy atom. The molecular formula is C19H28O2. The number of fused-ring (bicyclic) bond motifs is 5. The Balaban J connectivity index is 1.67. The van der Waals surface area contributed by atoms with E-state index in [0.29, 0.717) is 28.8 Å². The SMILES string of the molecule is C[C@]12CCC(O)=C[C@@H]1CC[C@@H]1[C@@H]2CC[C@]2(C)C(=O)CC[C@@H]12. The molecule has 6 atom stereocenters. The van der Waals surface area contributed by atoms with Gasteiger partial charge in [-0.1, -0.05) is 13.8 Å². The standard InChI is InChI=1S/C19H28O2/c1-18-9-7-13(20)11-12(18)3-4-14-15-5-6-17(21)19(15,2)10-8-16(14)18/h11-12,14-16,20H,3-10H2,1-2H3/t12-,14-,15-,16-,18-,19-/m0/s1. The van der Waals surface area contributed by atoms with Crippen LogP contribution in [0.15, 0.2) is 11.8 Å². The van der Waals surface area contributed by atoms with Gasteiger partial charge in [0.15, 0.2) is 0 Å². The van der Waals surface area contributed by atoms with Crippen molar-refractivity contribution in [2.75, 3.05) is 0 Å². The minimum atomic E-state index is -0.00297. The monoisotopic (exact) mass is 288 g/mol. The molecule has 0 unspecified atom stereocenters. The largest absolute Gasteiger partial charge is 0.513 e. The van der Waals surface area contributed by atoms with Crippen molar-refractivity contribution in [1.29, 1.82) is 0 Å². The van der Waals surface area contributed by atoms with E-state index in [4.69, 9.17) is 0 Å². The van der Waals surface area contributed by atoms with Crippen LogP contribution in [0.5, 0.6) is 0 Å². The predicted molar refractivity (Wildman–Crippen MR) is 82.8 cm³/mol. The molecule has 0 heterocycles. The molecule has 0 aromatic heterocycles. The first-order valence-corrected chi connectivity index (χ1v) is 8.88. The first kappa shape index (κ1) is 13.8. The Labute approximate surface area is 128 Å². The zero-order valence-corrected chi connectivity index (χ0v) is 13.4. The molecule has 116 valence electrons. The summed E-state index contributed by atoms with van der Waals surface area (Å²) in [6.07, 6.45) is 10.9. The van der Waals surface area contributed by atoms with Crippen LogP contribution in [-0.4, -0.2) is 10.9 Å². The summed E-state index contributed by atoms with van der Waals surface area (Å²) in [4.78, 5) is 12.4. The maximum absolute atomic E-state index is 12.4. The fourth-order valence-corrected chi connectivity index (χ4v) is 6.61.